The van der Waals surface area contributed by atoms with Gasteiger partial charge < -0.3 is 15.2 Å². The van der Waals surface area contributed by atoms with Crippen LogP contribution in [-0.2, 0) is 30.7 Å². The minimum atomic E-state index is -2.69. The molecule has 0 bridgehead atoms. The summed E-state index contributed by atoms with van der Waals surface area (Å²) in [4.78, 5) is 13.3. The van der Waals surface area contributed by atoms with Crippen LogP contribution < -0.4 is 10.6 Å². The fourth-order valence-electron chi connectivity index (χ4n) is 3.76. The summed E-state index contributed by atoms with van der Waals surface area (Å²) in [6, 6.07) is 2.46. The smallest absolute Gasteiger partial charge is 0.249 e. The van der Waals surface area contributed by atoms with Gasteiger partial charge in [-0.25, -0.2) is 8.78 Å². The standard InChI is InChI=1S/C19H23F2N3O2S/c1-11-4-5-27-17(11)10-22-13-2-3-16-14(6-13)15(24-26-16)9-23-18(25)12-7-19(20,21)8-12/h4-5,12-13,22H,2-3,6-10H2,1H3,(H,23,25). The molecular weight excluding hydrogens is 372 g/mol. The summed E-state index contributed by atoms with van der Waals surface area (Å²) < 4.78 is 31.3. The van der Waals surface area contributed by atoms with Gasteiger partial charge in [0.05, 0.1) is 6.54 Å². The van der Waals surface area contributed by atoms with Crippen LogP contribution in [0.1, 0.15) is 46.7 Å². The van der Waals surface area contributed by atoms with Crippen LogP contribution in [0.25, 0.3) is 0 Å². The third kappa shape index (κ3) is 4.06. The molecule has 2 aromatic heterocycles. The molecule has 2 aliphatic rings. The summed E-state index contributed by atoms with van der Waals surface area (Å²) in [6.07, 6.45) is 1.88. The second kappa shape index (κ2) is 7.31. The highest BCUT2D eigenvalue weighted by Gasteiger charge is 2.48. The number of hydrogen-bond donors (Lipinski definition) is 2. The zero-order chi connectivity index (χ0) is 19.0. The summed E-state index contributed by atoms with van der Waals surface area (Å²) in [6.45, 7) is 3.19. The van der Waals surface area contributed by atoms with E-state index in [0.29, 0.717) is 11.7 Å². The molecule has 2 N–H and O–H groups in total. The molecular formula is C19H23F2N3O2S. The summed E-state index contributed by atoms with van der Waals surface area (Å²) in [5.74, 6) is -2.73. The fraction of sp³-hybridized carbons (Fsp3) is 0.579. The van der Waals surface area contributed by atoms with Crippen molar-refractivity contribution in [2.75, 3.05) is 0 Å². The largest absolute Gasteiger partial charge is 0.361 e. The third-order valence-corrected chi connectivity index (χ3v) is 6.55. The van der Waals surface area contributed by atoms with Crippen molar-refractivity contribution in [3.05, 3.63) is 38.9 Å². The Labute approximate surface area is 160 Å². The minimum absolute atomic E-state index is 0.233. The van der Waals surface area contributed by atoms with Gasteiger partial charge >= 0.3 is 0 Å². The Kier molecular flexibility index (Phi) is 5.03. The first kappa shape index (κ1) is 18.6. The predicted molar refractivity (Wildman–Crippen MR) is 97.7 cm³/mol. The van der Waals surface area contributed by atoms with Crippen LogP contribution in [0.3, 0.4) is 0 Å². The lowest BCUT2D eigenvalue weighted by Crippen LogP contribution is -2.44. The Hall–Kier alpha value is -1.80. The lowest BCUT2D eigenvalue weighted by Gasteiger charge is -2.33. The molecule has 1 amide bonds. The number of amides is 1. The summed E-state index contributed by atoms with van der Waals surface area (Å²) >= 11 is 1.76. The van der Waals surface area contributed by atoms with Crippen molar-refractivity contribution in [1.29, 1.82) is 0 Å². The first-order chi connectivity index (χ1) is 12.9. The van der Waals surface area contributed by atoms with Crippen LogP contribution >= 0.6 is 11.3 Å². The number of halogens is 2. The van der Waals surface area contributed by atoms with Gasteiger partial charge in [0.2, 0.25) is 11.8 Å². The number of alkyl halides is 2. The molecule has 0 saturated heterocycles. The van der Waals surface area contributed by atoms with Crippen molar-refractivity contribution < 1.29 is 18.1 Å². The van der Waals surface area contributed by atoms with Gasteiger partial charge in [0, 0.05) is 48.2 Å². The number of carbonyl (C=O) groups is 1. The molecule has 1 saturated carbocycles. The fourth-order valence-corrected chi connectivity index (χ4v) is 4.62. The second-order valence-corrected chi connectivity index (χ2v) is 8.56. The zero-order valence-electron chi connectivity index (χ0n) is 15.2. The molecule has 0 aromatic carbocycles. The van der Waals surface area contributed by atoms with Crippen molar-refractivity contribution in [2.45, 2.75) is 64.1 Å². The lowest BCUT2D eigenvalue weighted by molar-refractivity contribution is -0.150. The molecule has 2 aromatic rings. The van der Waals surface area contributed by atoms with E-state index in [9.17, 15) is 13.6 Å². The summed E-state index contributed by atoms with van der Waals surface area (Å²) in [7, 11) is 0. The normalized spacial score (nSPS) is 21.5. The van der Waals surface area contributed by atoms with E-state index in [1.165, 1.54) is 10.4 Å². The average molecular weight is 395 g/mol. The maximum absolute atomic E-state index is 12.9. The SMILES string of the molecule is Cc1ccsc1CNC1CCc2onc(CNC(=O)C3CC(F)(F)C3)c2C1. The van der Waals surface area contributed by atoms with Crippen LogP contribution in [0, 0.1) is 12.8 Å². The highest BCUT2D eigenvalue weighted by Crippen LogP contribution is 2.42. The van der Waals surface area contributed by atoms with Crippen molar-refractivity contribution in [3.8, 4) is 0 Å². The van der Waals surface area contributed by atoms with Crippen LogP contribution in [-0.4, -0.2) is 23.0 Å². The molecule has 27 heavy (non-hydrogen) atoms. The van der Waals surface area contributed by atoms with Gasteiger partial charge in [-0.2, -0.15) is 0 Å². The monoisotopic (exact) mass is 395 g/mol. The number of nitrogens with one attached hydrogen (secondary N) is 2. The molecule has 146 valence electrons. The van der Waals surface area contributed by atoms with E-state index in [1.54, 1.807) is 11.3 Å². The number of rotatable bonds is 6. The van der Waals surface area contributed by atoms with Crippen molar-refractivity contribution in [1.82, 2.24) is 15.8 Å². The van der Waals surface area contributed by atoms with E-state index >= 15 is 0 Å². The molecule has 0 aliphatic heterocycles. The lowest BCUT2D eigenvalue weighted by atomic mass is 9.81. The molecule has 1 atom stereocenters. The highest BCUT2D eigenvalue weighted by molar-refractivity contribution is 7.10. The molecule has 1 fully saturated rings. The molecule has 4 rings (SSSR count). The number of aromatic nitrogens is 1. The molecule has 8 heteroatoms. The van der Waals surface area contributed by atoms with Gasteiger partial charge in [0.25, 0.3) is 0 Å². The Morgan fingerprint density at radius 2 is 2.22 bits per heavy atom. The van der Waals surface area contributed by atoms with Gasteiger partial charge in [-0.15, -0.1) is 11.3 Å². The first-order valence-corrected chi connectivity index (χ1v) is 10.2. The Morgan fingerprint density at radius 3 is 2.93 bits per heavy atom. The van der Waals surface area contributed by atoms with E-state index < -0.39 is 11.8 Å². The number of fused-ring (bicyclic) bond motifs is 1. The van der Waals surface area contributed by atoms with Crippen molar-refractivity contribution >= 4 is 17.2 Å². The maximum Gasteiger partial charge on any atom is 0.249 e. The maximum atomic E-state index is 12.9. The quantitative estimate of drug-likeness (QED) is 0.787. The number of hydrogen-bond acceptors (Lipinski definition) is 5. The number of thiophene rings is 1. The molecule has 0 spiro atoms. The average Bonchev–Trinajstić information content (AvgIpc) is 3.21. The van der Waals surface area contributed by atoms with Crippen LogP contribution in [0.2, 0.25) is 0 Å². The van der Waals surface area contributed by atoms with E-state index in [1.807, 2.05) is 0 Å². The summed E-state index contributed by atoms with van der Waals surface area (Å²) in [5, 5.41) is 12.5. The predicted octanol–water partition coefficient (Wildman–Crippen LogP) is 3.35. The Bertz CT molecular complexity index is 825. The van der Waals surface area contributed by atoms with E-state index in [0.717, 1.165) is 37.1 Å². The molecule has 1 unspecified atom stereocenters. The van der Waals surface area contributed by atoms with E-state index in [4.69, 9.17) is 4.52 Å². The number of aryl methyl sites for hydroxylation is 2. The topological polar surface area (TPSA) is 67.2 Å². The Balaban J connectivity index is 1.31. The van der Waals surface area contributed by atoms with Gasteiger partial charge in [0.1, 0.15) is 11.5 Å². The van der Waals surface area contributed by atoms with Crippen LogP contribution in [0.15, 0.2) is 16.0 Å². The molecule has 2 heterocycles. The zero-order valence-corrected chi connectivity index (χ0v) is 16.0. The highest BCUT2D eigenvalue weighted by atomic mass is 32.1. The van der Waals surface area contributed by atoms with Crippen LogP contribution in [0.4, 0.5) is 8.78 Å². The van der Waals surface area contributed by atoms with Gasteiger partial charge in [-0.3, -0.25) is 4.79 Å². The van der Waals surface area contributed by atoms with Gasteiger partial charge in [-0.1, -0.05) is 5.16 Å². The minimum Gasteiger partial charge on any atom is -0.361 e. The molecule has 5 nitrogen and oxygen atoms in total. The van der Waals surface area contributed by atoms with E-state index in [2.05, 4.69) is 34.2 Å². The number of nitrogens with zero attached hydrogens (tertiary/aromatic N) is 1. The summed E-state index contributed by atoms with van der Waals surface area (Å²) in [5.41, 5.74) is 3.06. The third-order valence-electron chi connectivity index (χ3n) is 5.53. The first-order valence-electron chi connectivity index (χ1n) is 9.29. The Morgan fingerprint density at radius 1 is 1.41 bits per heavy atom. The van der Waals surface area contributed by atoms with E-state index in [-0.39, 0.29) is 25.3 Å². The number of carbonyl (C=O) groups excluding carboxylic acids is 1. The molecule has 2 aliphatic carbocycles. The van der Waals surface area contributed by atoms with Gasteiger partial charge in [-0.05, 0) is 36.8 Å². The van der Waals surface area contributed by atoms with Crippen molar-refractivity contribution in [3.63, 3.8) is 0 Å². The van der Waals surface area contributed by atoms with Crippen molar-refractivity contribution in [2.24, 2.45) is 5.92 Å². The van der Waals surface area contributed by atoms with Crippen LogP contribution in [0.5, 0.6) is 0 Å². The molecule has 0 radical (unpaired) electrons. The van der Waals surface area contributed by atoms with Gasteiger partial charge in [0.15, 0.2) is 0 Å². The second-order valence-electron chi connectivity index (χ2n) is 7.56.